The van der Waals surface area contributed by atoms with Crippen molar-refractivity contribution in [2.75, 3.05) is 0 Å². The maximum Gasteiger partial charge on any atom is 0.226 e. The first-order chi connectivity index (χ1) is 6.07. The van der Waals surface area contributed by atoms with Gasteiger partial charge in [0.25, 0.3) is 0 Å². The molecule has 0 spiro atoms. The third-order valence-corrected chi connectivity index (χ3v) is 2.37. The van der Waals surface area contributed by atoms with E-state index >= 15 is 0 Å². The van der Waals surface area contributed by atoms with Crippen LogP contribution in [0.3, 0.4) is 0 Å². The van der Waals surface area contributed by atoms with Crippen LogP contribution in [0.5, 0.6) is 0 Å². The van der Waals surface area contributed by atoms with Crippen LogP contribution < -0.4 is 0 Å². The highest BCUT2D eigenvalue weighted by Gasteiger charge is 2.26. The van der Waals surface area contributed by atoms with Crippen molar-refractivity contribution in [3.8, 4) is 0 Å². The van der Waals surface area contributed by atoms with Gasteiger partial charge in [0.15, 0.2) is 0 Å². The van der Waals surface area contributed by atoms with Gasteiger partial charge in [-0.15, -0.1) is 0 Å². The van der Waals surface area contributed by atoms with E-state index in [2.05, 4.69) is 4.98 Å². The highest BCUT2D eigenvalue weighted by atomic mass is 16.4. The number of aromatic nitrogens is 1. The van der Waals surface area contributed by atoms with E-state index < -0.39 is 5.60 Å². The second-order valence-corrected chi connectivity index (χ2v) is 4.16. The predicted molar refractivity (Wildman–Crippen MR) is 48.4 cm³/mol. The van der Waals surface area contributed by atoms with Gasteiger partial charge in [0.05, 0.1) is 5.69 Å². The number of hydrogen-bond donors (Lipinski definition) is 1. The fourth-order valence-corrected chi connectivity index (χ4v) is 1.61. The lowest BCUT2D eigenvalue weighted by atomic mass is 10.0. The van der Waals surface area contributed by atoms with E-state index in [1.54, 1.807) is 13.8 Å². The van der Waals surface area contributed by atoms with Gasteiger partial charge in [-0.25, -0.2) is 4.98 Å². The van der Waals surface area contributed by atoms with E-state index in [4.69, 9.17) is 4.42 Å². The van der Waals surface area contributed by atoms with E-state index in [1.807, 2.05) is 0 Å². The minimum absolute atomic E-state index is 0.458. The summed E-state index contributed by atoms with van der Waals surface area (Å²) >= 11 is 0. The lowest BCUT2D eigenvalue weighted by Crippen LogP contribution is -2.15. The van der Waals surface area contributed by atoms with E-state index in [0.717, 1.165) is 24.3 Å². The lowest BCUT2D eigenvalue weighted by Gasteiger charge is -2.10. The van der Waals surface area contributed by atoms with E-state index in [1.165, 1.54) is 12.8 Å². The zero-order chi connectivity index (χ0) is 9.47. The standard InChI is InChI=1S/C10H15NO2/c1-10(2,12)9-11-7-5-3-4-6-8(7)13-9/h12H,3-6H2,1-2H3. The summed E-state index contributed by atoms with van der Waals surface area (Å²) in [6, 6.07) is 0. The Morgan fingerprint density at radius 1 is 1.31 bits per heavy atom. The number of hydrogen-bond acceptors (Lipinski definition) is 3. The minimum Gasteiger partial charge on any atom is -0.442 e. The molecular weight excluding hydrogens is 166 g/mol. The van der Waals surface area contributed by atoms with Gasteiger partial charge >= 0.3 is 0 Å². The Balaban J connectivity index is 2.36. The fraction of sp³-hybridized carbons (Fsp3) is 0.700. The van der Waals surface area contributed by atoms with Crippen molar-refractivity contribution >= 4 is 0 Å². The molecule has 1 aromatic heterocycles. The van der Waals surface area contributed by atoms with E-state index in [-0.39, 0.29) is 0 Å². The minimum atomic E-state index is -0.947. The van der Waals surface area contributed by atoms with Crippen LogP contribution in [0.25, 0.3) is 0 Å². The van der Waals surface area contributed by atoms with Gasteiger partial charge in [-0.1, -0.05) is 0 Å². The average Bonchev–Trinajstić information content (AvgIpc) is 2.45. The van der Waals surface area contributed by atoms with Gasteiger partial charge in [0.1, 0.15) is 11.4 Å². The second kappa shape index (κ2) is 2.84. The van der Waals surface area contributed by atoms with Crippen LogP contribution in [0.15, 0.2) is 4.42 Å². The summed E-state index contributed by atoms with van der Waals surface area (Å²) in [7, 11) is 0. The van der Waals surface area contributed by atoms with Crippen LogP contribution >= 0.6 is 0 Å². The number of aliphatic hydroxyl groups is 1. The number of rotatable bonds is 1. The first-order valence-electron chi connectivity index (χ1n) is 4.79. The largest absolute Gasteiger partial charge is 0.442 e. The van der Waals surface area contributed by atoms with Gasteiger partial charge in [0.2, 0.25) is 5.89 Å². The van der Waals surface area contributed by atoms with Crippen LogP contribution in [-0.2, 0) is 18.4 Å². The molecule has 1 aliphatic rings. The molecule has 0 bridgehead atoms. The Kier molecular flexibility index (Phi) is 1.91. The van der Waals surface area contributed by atoms with E-state index in [0.29, 0.717) is 5.89 Å². The molecule has 72 valence electrons. The molecule has 0 radical (unpaired) electrons. The topological polar surface area (TPSA) is 46.3 Å². The predicted octanol–water partition coefficient (Wildman–Crippen LogP) is 1.78. The first kappa shape index (κ1) is 8.75. The van der Waals surface area contributed by atoms with Crippen molar-refractivity contribution in [3.05, 3.63) is 17.3 Å². The average molecular weight is 181 g/mol. The number of aryl methyl sites for hydroxylation is 2. The quantitative estimate of drug-likeness (QED) is 0.718. The third kappa shape index (κ3) is 1.61. The van der Waals surface area contributed by atoms with Crippen molar-refractivity contribution in [2.45, 2.75) is 45.1 Å². The molecule has 0 saturated heterocycles. The molecule has 1 N–H and O–H groups in total. The molecule has 0 fully saturated rings. The summed E-state index contributed by atoms with van der Waals surface area (Å²) in [5.41, 5.74) is 0.0977. The normalized spacial score (nSPS) is 17.2. The summed E-state index contributed by atoms with van der Waals surface area (Å²) in [5, 5.41) is 9.68. The Labute approximate surface area is 77.8 Å². The molecule has 0 amide bonds. The Morgan fingerprint density at radius 2 is 2.00 bits per heavy atom. The van der Waals surface area contributed by atoms with Crippen LogP contribution in [0.2, 0.25) is 0 Å². The lowest BCUT2D eigenvalue weighted by molar-refractivity contribution is 0.0471. The Hall–Kier alpha value is -0.830. The SMILES string of the molecule is CC(C)(O)c1nc2c(o1)CCCC2. The molecule has 0 aromatic carbocycles. The molecule has 3 heteroatoms. The van der Waals surface area contributed by atoms with Crippen LogP contribution in [0.4, 0.5) is 0 Å². The summed E-state index contributed by atoms with van der Waals surface area (Å²) < 4.78 is 5.51. The van der Waals surface area contributed by atoms with Gasteiger partial charge in [-0.2, -0.15) is 0 Å². The molecular formula is C10H15NO2. The van der Waals surface area contributed by atoms with Crippen LogP contribution in [0, 0.1) is 0 Å². The summed E-state index contributed by atoms with van der Waals surface area (Å²) in [6.45, 7) is 3.40. The highest BCUT2D eigenvalue weighted by Crippen LogP contribution is 2.26. The molecule has 1 aliphatic carbocycles. The molecule has 3 nitrogen and oxygen atoms in total. The number of oxazole rings is 1. The van der Waals surface area contributed by atoms with Crippen molar-refractivity contribution in [1.29, 1.82) is 0 Å². The molecule has 13 heavy (non-hydrogen) atoms. The number of fused-ring (bicyclic) bond motifs is 1. The highest BCUT2D eigenvalue weighted by molar-refractivity contribution is 5.15. The zero-order valence-corrected chi connectivity index (χ0v) is 8.13. The van der Waals surface area contributed by atoms with Crippen molar-refractivity contribution < 1.29 is 9.52 Å². The van der Waals surface area contributed by atoms with Crippen LogP contribution in [-0.4, -0.2) is 10.1 Å². The van der Waals surface area contributed by atoms with Crippen LogP contribution in [0.1, 0.15) is 44.0 Å². The van der Waals surface area contributed by atoms with Gasteiger partial charge in [-0.3, -0.25) is 0 Å². The molecule has 0 aliphatic heterocycles. The molecule has 0 unspecified atom stereocenters. The Bertz CT molecular complexity index is 286. The van der Waals surface area contributed by atoms with Gasteiger partial charge in [-0.05, 0) is 33.1 Å². The third-order valence-electron chi connectivity index (χ3n) is 2.37. The van der Waals surface area contributed by atoms with Crippen molar-refractivity contribution in [1.82, 2.24) is 4.98 Å². The van der Waals surface area contributed by atoms with E-state index in [9.17, 15) is 5.11 Å². The summed E-state index contributed by atoms with van der Waals surface area (Å²) in [6.07, 6.45) is 4.33. The van der Waals surface area contributed by atoms with Gasteiger partial charge in [0, 0.05) is 6.42 Å². The molecule has 1 heterocycles. The maximum atomic E-state index is 9.68. The molecule has 0 atom stereocenters. The molecule has 0 saturated carbocycles. The van der Waals surface area contributed by atoms with Gasteiger partial charge < -0.3 is 9.52 Å². The monoisotopic (exact) mass is 181 g/mol. The fourth-order valence-electron chi connectivity index (χ4n) is 1.61. The van der Waals surface area contributed by atoms with Crippen molar-refractivity contribution in [3.63, 3.8) is 0 Å². The summed E-state index contributed by atoms with van der Waals surface area (Å²) in [5.74, 6) is 1.43. The first-order valence-corrected chi connectivity index (χ1v) is 4.79. The smallest absolute Gasteiger partial charge is 0.226 e. The summed E-state index contributed by atoms with van der Waals surface area (Å²) in [4.78, 5) is 4.31. The Morgan fingerprint density at radius 3 is 2.62 bits per heavy atom. The van der Waals surface area contributed by atoms with Crippen molar-refractivity contribution in [2.24, 2.45) is 0 Å². The second-order valence-electron chi connectivity index (χ2n) is 4.16. The zero-order valence-electron chi connectivity index (χ0n) is 8.13. The maximum absolute atomic E-state index is 9.68. The molecule has 2 rings (SSSR count). The molecule has 1 aromatic rings. The number of nitrogens with zero attached hydrogens (tertiary/aromatic N) is 1.